The second kappa shape index (κ2) is 3.62. The number of aromatic nitrogens is 4. The third-order valence-corrected chi connectivity index (χ3v) is 2.07. The van der Waals surface area contributed by atoms with Crippen LogP contribution >= 0.6 is 0 Å². The molecule has 0 aliphatic heterocycles. The summed E-state index contributed by atoms with van der Waals surface area (Å²) in [5.41, 5.74) is 5.84. The molecule has 2 heterocycles. The van der Waals surface area contributed by atoms with Gasteiger partial charge in [-0.15, -0.1) is 0 Å². The minimum Gasteiger partial charge on any atom is -0.383 e. The number of halogens is 3. The predicted molar refractivity (Wildman–Crippen MR) is 50.4 cm³/mol. The summed E-state index contributed by atoms with van der Waals surface area (Å²) in [6.07, 6.45) is -2.60. The SMILES string of the molecule is Nc1ncnc2c1cnn2CCC(F)(F)F. The molecule has 0 aliphatic carbocycles. The first-order valence-electron chi connectivity index (χ1n) is 4.46. The summed E-state index contributed by atoms with van der Waals surface area (Å²) in [6.45, 7) is -0.274. The van der Waals surface area contributed by atoms with Crippen LogP contribution in [0, 0.1) is 0 Å². The van der Waals surface area contributed by atoms with Crippen molar-refractivity contribution in [3.05, 3.63) is 12.5 Å². The summed E-state index contributed by atoms with van der Waals surface area (Å²) in [5.74, 6) is 0.211. The molecule has 5 nitrogen and oxygen atoms in total. The van der Waals surface area contributed by atoms with Gasteiger partial charge >= 0.3 is 6.18 Å². The molecule has 0 unspecified atom stereocenters. The smallest absolute Gasteiger partial charge is 0.383 e. The normalized spacial score (nSPS) is 12.2. The average molecular weight is 231 g/mol. The highest BCUT2D eigenvalue weighted by Crippen LogP contribution is 2.22. The van der Waals surface area contributed by atoms with Crippen molar-refractivity contribution >= 4 is 16.9 Å². The lowest BCUT2D eigenvalue weighted by Gasteiger charge is -2.06. The molecular weight excluding hydrogens is 223 g/mol. The summed E-state index contributed by atoms with van der Waals surface area (Å²) in [7, 11) is 0. The van der Waals surface area contributed by atoms with Gasteiger partial charge in [0.05, 0.1) is 24.5 Å². The van der Waals surface area contributed by atoms with Crippen LogP contribution in [0.15, 0.2) is 12.5 Å². The number of nitrogens with two attached hydrogens (primary N) is 1. The van der Waals surface area contributed by atoms with Crippen LogP contribution < -0.4 is 5.73 Å². The van der Waals surface area contributed by atoms with Gasteiger partial charge in [0.2, 0.25) is 0 Å². The molecule has 16 heavy (non-hydrogen) atoms. The Balaban J connectivity index is 2.29. The van der Waals surface area contributed by atoms with Gasteiger partial charge in [-0.25, -0.2) is 14.6 Å². The summed E-state index contributed by atoms with van der Waals surface area (Å²) in [6, 6.07) is 0. The lowest BCUT2D eigenvalue weighted by atomic mass is 10.4. The summed E-state index contributed by atoms with van der Waals surface area (Å²) in [5, 5.41) is 4.26. The standard InChI is InChI=1S/C8H8F3N5/c9-8(10,11)1-2-16-7-5(3-15-16)6(12)13-4-14-7/h3-4H,1-2H2,(H2,12,13,14). The lowest BCUT2D eigenvalue weighted by Crippen LogP contribution is -2.13. The van der Waals surface area contributed by atoms with E-state index in [2.05, 4.69) is 15.1 Å². The molecule has 0 spiro atoms. The highest BCUT2D eigenvalue weighted by Gasteiger charge is 2.27. The molecule has 0 atom stereocenters. The van der Waals surface area contributed by atoms with Crippen LogP contribution in [0.5, 0.6) is 0 Å². The van der Waals surface area contributed by atoms with Crippen LogP contribution in [0.4, 0.5) is 19.0 Å². The Kier molecular flexibility index (Phi) is 2.41. The van der Waals surface area contributed by atoms with E-state index >= 15 is 0 Å². The molecule has 0 bridgehead atoms. The molecule has 0 saturated carbocycles. The first-order chi connectivity index (χ1) is 7.47. The molecule has 2 aromatic rings. The topological polar surface area (TPSA) is 69.6 Å². The Hall–Kier alpha value is -1.86. The van der Waals surface area contributed by atoms with Crippen LogP contribution in [0.3, 0.4) is 0 Å². The molecular formula is C8H8F3N5. The van der Waals surface area contributed by atoms with Crippen molar-refractivity contribution in [2.24, 2.45) is 0 Å². The van der Waals surface area contributed by atoms with E-state index in [1.807, 2.05) is 0 Å². The molecule has 0 aromatic carbocycles. The Morgan fingerprint density at radius 1 is 1.31 bits per heavy atom. The van der Waals surface area contributed by atoms with Crippen LogP contribution in [0.2, 0.25) is 0 Å². The van der Waals surface area contributed by atoms with Gasteiger partial charge in [0.15, 0.2) is 5.65 Å². The fourth-order valence-electron chi connectivity index (χ4n) is 1.31. The van der Waals surface area contributed by atoms with Gasteiger partial charge in [-0.1, -0.05) is 0 Å². The molecule has 0 radical (unpaired) electrons. The van der Waals surface area contributed by atoms with Crippen LogP contribution in [-0.4, -0.2) is 25.9 Å². The molecule has 86 valence electrons. The summed E-state index contributed by atoms with van der Waals surface area (Å²) in [4.78, 5) is 7.57. The molecule has 0 saturated heterocycles. The minimum absolute atomic E-state index is 0.211. The second-order valence-corrected chi connectivity index (χ2v) is 3.23. The van der Waals surface area contributed by atoms with Gasteiger partial charge in [0.25, 0.3) is 0 Å². The molecule has 0 fully saturated rings. The first kappa shape index (κ1) is 10.7. The van der Waals surface area contributed by atoms with E-state index in [1.165, 1.54) is 17.2 Å². The number of nitrogen functional groups attached to an aromatic ring is 1. The zero-order chi connectivity index (χ0) is 11.8. The van der Waals surface area contributed by atoms with E-state index < -0.39 is 12.6 Å². The number of fused-ring (bicyclic) bond motifs is 1. The van der Waals surface area contributed by atoms with Crippen molar-refractivity contribution in [1.29, 1.82) is 0 Å². The van der Waals surface area contributed by atoms with Crippen molar-refractivity contribution in [3.63, 3.8) is 0 Å². The van der Waals surface area contributed by atoms with Crippen molar-refractivity contribution in [3.8, 4) is 0 Å². The van der Waals surface area contributed by atoms with E-state index in [1.54, 1.807) is 0 Å². The Bertz CT molecular complexity index is 504. The van der Waals surface area contributed by atoms with Crippen molar-refractivity contribution in [1.82, 2.24) is 19.7 Å². The number of hydrogen-bond donors (Lipinski definition) is 1. The van der Waals surface area contributed by atoms with Crippen molar-refractivity contribution < 1.29 is 13.2 Å². The van der Waals surface area contributed by atoms with E-state index in [0.717, 1.165) is 0 Å². The van der Waals surface area contributed by atoms with Gasteiger partial charge in [0, 0.05) is 0 Å². The molecule has 0 amide bonds. The fraction of sp³-hybridized carbons (Fsp3) is 0.375. The Morgan fingerprint density at radius 2 is 2.06 bits per heavy atom. The maximum Gasteiger partial charge on any atom is 0.390 e. The predicted octanol–water partition coefficient (Wildman–Crippen LogP) is 1.36. The van der Waals surface area contributed by atoms with Crippen LogP contribution in [0.25, 0.3) is 11.0 Å². The minimum atomic E-state index is -4.21. The number of nitrogens with zero attached hydrogens (tertiary/aromatic N) is 4. The Labute approximate surface area is 88.1 Å². The largest absolute Gasteiger partial charge is 0.390 e. The highest BCUT2D eigenvalue weighted by molar-refractivity contribution is 5.84. The average Bonchev–Trinajstić information content (AvgIpc) is 2.58. The number of alkyl halides is 3. The van der Waals surface area contributed by atoms with Crippen molar-refractivity contribution in [2.75, 3.05) is 5.73 Å². The number of hydrogen-bond acceptors (Lipinski definition) is 4. The lowest BCUT2D eigenvalue weighted by molar-refractivity contribution is -0.137. The zero-order valence-electron chi connectivity index (χ0n) is 8.07. The van der Waals surface area contributed by atoms with E-state index in [4.69, 9.17) is 5.73 Å². The molecule has 8 heteroatoms. The van der Waals surface area contributed by atoms with E-state index in [9.17, 15) is 13.2 Å². The van der Waals surface area contributed by atoms with Gasteiger partial charge in [-0.2, -0.15) is 18.3 Å². The van der Waals surface area contributed by atoms with Gasteiger partial charge < -0.3 is 5.73 Å². The first-order valence-corrected chi connectivity index (χ1v) is 4.46. The maximum atomic E-state index is 12.0. The van der Waals surface area contributed by atoms with Crippen LogP contribution in [0.1, 0.15) is 6.42 Å². The Morgan fingerprint density at radius 3 is 2.75 bits per heavy atom. The van der Waals surface area contributed by atoms with E-state index in [-0.39, 0.29) is 12.4 Å². The molecule has 2 rings (SSSR count). The fourth-order valence-corrected chi connectivity index (χ4v) is 1.31. The summed E-state index contributed by atoms with van der Waals surface area (Å²) >= 11 is 0. The van der Waals surface area contributed by atoms with Crippen LogP contribution in [-0.2, 0) is 6.54 Å². The molecule has 2 aromatic heterocycles. The van der Waals surface area contributed by atoms with Gasteiger partial charge in [-0.3, -0.25) is 0 Å². The number of aryl methyl sites for hydroxylation is 1. The monoisotopic (exact) mass is 231 g/mol. The van der Waals surface area contributed by atoms with Gasteiger partial charge in [0.1, 0.15) is 12.1 Å². The summed E-state index contributed by atoms with van der Waals surface area (Å²) < 4.78 is 37.3. The maximum absolute atomic E-state index is 12.0. The second-order valence-electron chi connectivity index (χ2n) is 3.23. The number of rotatable bonds is 2. The third-order valence-electron chi connectivity index (χ3n) is 2.07. The highest BCUT2D eigenvalue weighted by atomic mass is 19.4. The molecule has 2 N–H and O–H groups in total. The van der Waals surface area contributed by atoms with Crippen molar-refractivity contribution in [2.45, 2.75) is 19.1 Å². The van der Waals surface area contributed by atoms with Gasteiger partial charge in [-0.05, 0) is 0 Å². The zero-order valence-corrected chi connectivity index (χ0v) is 8.07. The third kappa shape index (κ3) is 2.05. The quantitative estimate of drug-likeness (QED) is 0.847. The number of anilines is 1. The van der Waals surface area contributed by atoms with E-state index in [0.29, 0.717) is 11.0 Å². The molecule has 0 aliphatic rings.